The van der Waals surface area contributed by atoms with Crippen molar-refractivity contribution in [3.8, 4) is 0 Å². The molecule has 1 aromatic carbocycles. The highest BCUT2D eigenvalue weighted by Crippen LogP contribution is 2.22. The van der Waals surface area contributed by atoms with E-state index in [1.165, 1.54) is 0 Å². The van der Waals surface area contributed by atoms with E-state index in [4.69, 9.17) is 5.11 Å². The van der Waals surface area contributed by atoms with Gasteiger partial charge in [0.25, 0.3) is 0 Å². The zero-order chi connectivity index (χ0) is 9.68. The van der Waals surface area contributed by atoms with Crippen LogP contribution in [0.5, 0.6) is 0 Å². The largest absolute Gasteiger partial charge is 0.392 e. The van der Waals surface area contributed by atoms with Gasteiger partial charge in [0.05, 0.1) is 6.61 Å². The summed E-state index contributed by atoms with van der Waals surface area (Å²) in [5, 5.41) is 9.06. The lowest BCUT2D eigenvalue weighted by molar-refractivity contribution is 0.281. The van der Waals surface area contributed by atoms with Crippen LogP contribution in [-0.2, 0) is 6.61 Å². The molecule has 0 saturated heterocycles. The molecule has 0 aliphatic heterocycles. The second kappa shape index (κ2) is 5.00. The van der Waals surface area contributed by atoms with Gasteiger partial charge in [-0.2, -0.15) is 0 Å². The molecule has 1 nitrogen and oxygen atoms in total. The van der Waals surface area contributed by atoms with Gasteiger partial charge in [-0.05, 0) is 17.2 Å². The van der Waals surface area contributed by atoms with E-state index in [2.05, 4.69) is 22.5 Å². The molecule has 0 radical (unpaired) electrons. The van der Waals surface area contributed by atoms with Gasteiger partial charge in [-0.1, -0.05) is 52.9 Å². The van der Waals surface area contributed by atoms with Crippen LogP contribution in [0.15, 0.2) is 41.4 Å². The van der Waals surface area contributed by atoms with Gasteiger partial charge in [-0.15, -0.1) is 0 Å². The molecule has 1 rings (SSSR count). The zero-order valence-electron chi connectivity index (χ0n) is 7.20. The molecule has 0 unspecified atom stereocenters. The van der Waals surface area contributed by atoms with Crippen LogP contribution in [0.2, 0.25) is 0 Å². The summed E-state index contributed by atoms with van der Waals surface area (Å²) in [6.45, 7) is 3.65. The highest BCUT2D eigenvalue weighted by Gasteiger charge is 2.00. The van der Waals surface area contributed by atoms with Crippen LogP contribution >= 0.6 is 15.9 Å². The normalized spacial score (nSPS) is 10.6. The second-order valence-corrected chi connectivity index (χ2v) is 3.42. The van der Waals surface area contributed by atoms with Gasteiger partial charge in [-0.3, -0.25) is 0 Å². The number of benzene rings is 1. The first kappa shape index (κ1) is 10.2. The number of rotatable bonds is 3. The van der Waals surface area contributed by atoms with E-state index in [9.17, 15) is 0 Å². The fourth-order valence-electron chi connectivity index (χ4n) is 1.07. The van der Waals surface area contributed by atoms with Crippen LogP contribution in [0.1, 0.15) is 11.1 Å². The maximum atomic E-state index is 9.06. The monoisotopic (exact) mass is 238 g/mol. The van der Waals surface area contributed by atoms with E-state index < -0.39 is 0 Å². The summed E-state index contributed by atoms with van der Waals surface area (Å²) in [6.07, 6.45) is 5.47. The smallest absolute Gasteiger partial charge is 0.0688 e. The van der Waals surface area contributed by atoms with Gasteiger partial charge in [0.15, 0.2) is 0 Å². The fourth-order valence-corrected chi connectivity index (χ4v) is 1.61. The molecule has 0 fully saturated rings. The summed E-state index contributed by atoms with van der Waals surface area (Å²) < 4.78 is 0.983. The van der Waals surface area contributed by atoms with Crippen molar-refractivity contribution in [1.29, 1.82) is 0 Å². The number of hydrogen-bond acceptors (Lipinski definition) is 1. The molecular formula is C11H11BrO. The minimum absolute atomic E-state index is 0.0518. The van der Waals surface area contributed by atoms with E-state index in [1.807, 2.05) is 30.4 Å². The van der Waals surface area contributed by atoms with E-state index in [0.29, 0.717) is 0 Å². The number of halogens is 1. The third-order valence-electron chi connectivity index (χ3n) is 1.71. The maximum absolute atomic E-state index is 9.06. The first-order chi connectivity index (χ1) is 6.29. The Morgan fingerprint density at radius 1 is 1.46 bits per heavy atom. The van der Waals surface area contributed by atoms with Crippen LogP contribution < -0.4 is 0 Å². The lowest BCUT2D eigenvalue weighted by Crippen LogP contribution is -1.88. The van der Waals surface area contributed by atoms with Crippen LogP contribution in [0.3, 0.4) is 0 Å². The molecular weight excluding hydrogens is 228 g/mol. The summed E-state index contributed by atoms with van der Waals surface area (Å²) >= 11 is 3.42. The van der Waals surface area contributed by atoms with Crippen molar-refractivity contribution in [3.63, 3.8) is 0 Å². The van der Waals surface area contributed by atoms with Gasteiger partial charge in [0.1, 0.15) is 0 Å². The lowest BCUT2D eigenvalue weighted by Gasteiger charge is -2.04. The molecule has 0 spiro atoms. The number of aliphatic hydroxyl groups excluding tert-OH is 1. The Bertz CT molecular complexity index is 329. The Labute approximate surface area is 86.5 Å². The average molecular weight is 239 g/mol. The highest BCUT2D eigenvalue weighted by atomic mass is 79.9. The number of hydrogen-bond donors (Lipinski definition) is 1. The zero-order valence-corrected chi connectivity index (χ0v) is 8.79. The molecule has 1 aromatic rings. The Kier molecular flexibility index (Phi) is 3.93. The van der Waals surface area contributed by atoms with Gasteiger partial charge in [0.2, 0.25) is 0 Å². The lowest BCUT2D eigenvalue weighted by atomic mass is 10.1. The van der Waals surface area contributed by atoms with Crippen molar-refractivity contribution >= 4 is 22.0 Å². The minimum Gasteiger partial charge on any atom is -0.392 e. The minimum atomic E-state index is 0.0518. The molecule has 0 aromatic heterocycles. The Hall–Kier alpha value is -0.860. The quantitative estimate of drug-likeness (QED) is 0.803. The van der Waals surface area contributed by atoms with Crippen molar-refractivity contribution in [1.82, 2.24) is 0 Å². The Balaban J connectivity index is 3.14. The number of aliphatic hydroxyl groups is 1. The molecule has 2 heteroatoms. The van der Waals surface area contributed by atoms with Crippen LogP contribution in [0, 0.1) is 0 Å². The fraction of sp³-hybridized carbons (Fsp3) is 0.0909. The van der Waals surface area contributed by atoms with Gasteiger partial charge >= 0.3 is 0 Å². The van der Waals surface area contributed by atoms with Crippen LogP contribution in [0.4, 0.5) is 0 Å². The van der Waals surface area contributed by atoms with E-state index in [-0.39, 0.29) is 6.61 Å². The number of allylic oxidation sites excluding steroid dienone is 2. The third-order valence-corrected chi connectivity index (χ3v) is 2.40. The standard InChI is InChI=1S/C11H11BrO/c1-2-3-6-10-9(8-13)5-4-7-11(10)12/h2-7,13H,1,8H2/b6-3+. The summed E-state index contributed by atoms with van der Waals surface area (Å²) in [5.74, 6) is 0. The third kappa shape index (κ3) is 2.54. The van der Waals surface area contributed by atoms with E-state index in [0.717, 1.165) is 15.6 Å². The summed E-state index contributed by atoms with van der Waals surface area (Å²) in [5.41, 5.74) is 1.91. The van der Waals surface area contributed by atoms with E-state index in [1.54, 1.807) is 6.08 Å². The summed E-state index contributed by atoms with van der Waals surface area (Å²) in [7, 11) is 0. The molecule has 1 N–H and O–H groups in total. The molecule has 0 aliphatic carbocycles. The van der Waals surface area contributed by atoms with Crippen molar-refractivity contribution in [3.05, 3.63) is 52.5 Å². The molecule has 0 saturated carbocycles. The molecule has 0 aliphatic rings. The van der Waals surface area contributed by atoms with Crippen LogP contribution in [0.25, 0.3) is 6.08 Å². The molecule has 0 amide bonds. The van der Waals surface area contributed by atoms with Crippen molar-refractivity contribution in [2.75, 3.05) is 0 Å². The van der Waals surface area contributed by atoms with Crippen molar-refractivity contribution < 1.29 is 5.11 Å². The average Bonchev–Trinajstić information content (AvgIpc) is 2.15. The molecule has 0 heterocycles. The van der Waals surface area contributed by atoms with Gasteiger partial charge in [0, 0.05) is 4.47 Å². The highest BCUT2D eigenvalue weighted by molar-refractivity contribution is 9.10. The SMILES string of the molecule is C=C/C=C/c1c(Br)cccc1CO. The molecule has 0 bridgehead atoms. The van der Waals surface area contributed by atoms with Gasteiger partial charge in [-0.25, -0.2) is 0 Å². The predicted molar refractivity (Wildman–Crippen MR) is 59.3 cm³/mol. The molecule has 13 heavy (non-hydrogen) atoms. The summed E-state index contributed by atoms with van der Waals surface area (Å²) in [6, 6.07) is 5.75. The molecule has 0 atom stereocenters. The summed E-state index contributed by atoms with van der Waals surface area (Å²) in [4.78, 5) is 0. The first-order valence-electron chi connectivity index (χ1n) is 3.97. The van der Waals surface area contributed by atoms with Crippen molar-refractivity contribution in [2.45, 2.75) is 6.61 Å². The van der Waals surface area contributed by atoms with Crippen molar-refractivity contribution in [2.24, 2.45) is 0 Å². The predicted octanol–water partition coefficient (Wildman–Crippen LogP) is 3.14. The topological polar surface area (TPSA) is 20.2 Å². The first-order valence-corrected chi connectivity index (χ1v) is 4.76. The van der Waals surface area contributed by atoms with Gasteiger partial charge < -0.3 is 5.11 Å². The molecule has 68 valence electrons. The Morgan fingerprint density at radius 2 is 2.23 bits per heavy atom. The van der Waals surface area contributed by atoms with E-state index >= 15 is 0 Å². The second-order valence-electron chi connectivity index (χ2n) is 2.57. The Morgan fingerprint density at radius 3 is 2.85 bits per heavy atom. The maximum Gasteiger partial charge on any atom is 0.0688 e. The van der Waals surface area contributed by atoms with Crippen LogP contribution in [-0.4, -0.2) is 5.11 Å².